The second kappa shape index (κ2) is 6.85. The van der Waals surface area contributed by atoms with Gasteiger partial charge in [-0.3, -0.25) is 4.79 Å². The normalized spacial score (nSPS) is 16.3. The van der Waals surface area contributed by atoms with Crippen LogP contribution < -0.4 is 5.32 Å². The average molecular weight is 291 g/mol. The number of amides is 1. The first-order valence-corrected chi connectivity index (χ1v) is 7.63. The first kappa shape index (κ1) is 15.7. The van der Waals surface area contributed by atoms with Gasteiger partial charge in [-0.2, -0.15) is 0 Å². The standard InChI is InChI=1S/C15H25N5O/c1-5-19-6-8-20(9-7-19)14(21)13-10-12(4)17-15(18-13)16-11(2)3/h10-11H,5-9H2,1-4H3,(H,16,17,18). The van der Waals surface area contributed by atoms with Crippen LogP contribution in [-0.4, -0.2) is 64.4 Å². The van der Waals surface area contributed by atoms with Gasteiger partial charge in [0, 0.05) is 37.9 Å². The van der Waals surface area contributed by atoms with E-state index in [0.29, 0.717) is 11.6 Å². The Bertz CT molecular complexity index is 495. The van der Waals surface area contributed by atoms with Crippen molar-refractivity contribution in [3.05, 3.63) is 17.5 Å². The van der Waals surface area contributed by atoms with Gasteiger partial charge in [-0.05, 0) is 33.4 Å². The molecule has 1 saturated heterocycles. The summed E-state index contributed by atoms with van der Waals surface area (Å²) in [5, 5.41) is 3.16. The molecular weight excluding hydrogens is 266 g/mol. The zero-order chi connectivity index (χ0) is 15.4. The molecule has 0 aromatic carbocycles. The fourth-order valence-corrected chi connectivity index (χ4v) is 2.43. The number of piperazine rings is 1. The van der Waals surface area contributed by atoms with E-state index >= 15 is 0 Å². The maximum absolute atomic E-state index is 12.6. The molecule has 0 atom stereocenters. The zero-order valence-corrected chi connectivity index (χ0v) is 13.4. The van der Waals surface area contributed by atoms with Crippen LogP contribution in [0, 0.1) is 6.92 Å². The van der Waals surface area contributed by atoms with E-state index in [1.807, 2.05) is 25.7 Å². The molecule has 6 nitrogen and oxygen atoms in total. The van der Waals surface area contributed by atoms with E-state index in [1.54, 1.807) is 6.07 Å². The van der Waals surface area contributed by atoms with E-state index in [2.05, 4.69) is 27.1 Å². The minimum atomic E-state index is 0.00283. The lowest BCUT2D eigenvalue weighted by Crippen LogP contribution is -2.48. The topological polar surface area (TPSA) is 61.4 Å². The summed E-state index contributed by atoms with van der Waals surface area (Å²) in [7, 11) is 0. The summed E-state index contributed by atoms with van der Waals surface area (Å²) in [6.07, 6.45) is 0. The number of carbonyl (C=O) groups excluding carboxylic acids is 1. The molecule has 0 aliphatic carbocycles. The van der Waals surface area contributed by atoms with Crippen molar-refractivity contribution in [1.82, 2.24) is 19.8 Å². The van der Waals surface area contributed by atoms with Gasteiger partial charge in [-0.15, -0.1) is 0 Å². The van der Waals surface area contributed by atoms with Crippen molar-refractivity contribution in [2.45, 2.75) is 33.7 Å². The Balaban J connectivity index is 2.10. The summed E-state index contributed by atoms with van der Waals surface area (Å²) < 4.78 is 0. The van der Waals surface area contributed by atoms with Gasteiger partial charge in [0.15, 0.2) is 0 Å². The van der Waals surface area contributed by atoms with Gasteiger partial charge >= 0.3 is 0 Å². The molecule has 1 N–H and O–H groups in total. The molecule has 116 valence electrons. The highest BCUT2D eigenvalue weighted by atomic mass is 16.2. The summed E-state index contributed by atoms with van der Waals surface area (Å²) in [5.41, 5.74) is 1.29. The highest BCUT2D eigenvalue weighted by molar-refractivity contribution is 5.92. The van der Waals surface area contributed by atoms with Crippen molar-refractivity contribution in [3.63, 3.8) is 0 Å². The Morgan fingerprint density at radius 2 is 1.95 bits per heavy atom. The Morgan fingerprint density at radius 1 is 1.29 bits per heavy atom. The van der Waals surface area contributed by atoms with Crippen LogP contribution in [0.15, 0.2) is 6.07 Å². The number of nitrogens with zero attached hydrogens (tertiary/aromatic N) is 4. The van der Waals surface area contributed by atoms with E-state index in [9.17, 15) is 4.79 Å². The van der Waals surface area contributed by atoms with Crippen LogP contribution in [0.2, 0.25) is 0 Å². The smallest absolute Gasteiger partial charge is 0.272 e. The quantitative estimate of drug-likeness (QED) is 0.908. The molecule has 2 rings (SSSR count). The molecule has 2 heterocycles. The Morgan fingerprint density at radius 3 is 2.52 bits per heavy atom. The molecule has 0 saturated carbocycles. The largest absolute Gasteiger partial charge is 0.352 e. The SMILES string of the molecule is CCN1CCN(C(=O)c2cc(C)nc(NC(C)C)n2)CC1. The summed E-state index contributed by atoms with van der Waals surface area (Å²) in [4.78, 5) is 25.5. The number of hydrogen-bond acceptors (Lipinski definition) is 5. The van der Waals surface area contributed by atoms with Gasteiger partial charge < -0.3 is 15.1 Å². The lowest BCUT2D eigenvalue weighted by molar-refractivity contribution is 0.0637. The van der Waals surface area contributed by atoms with Gasteiger partial charge in [0.25, 0.3) is 5.91 Å². The molecule has 0 unspecified atom stereocenters. The number of aryl methyl sites for hydroxylation is 1. The number of hydrogen-bond donors (Lipinski definition) is 1. The maximum atomic E-state index is 12.6. The predicted molar refractivity (Wildman–Crippen MR) is 83.5 cm³/mol. The van der Waals surface area contributed by atoms with E-state index in [1.165, 1.54) is 0 Å². The van der Waals surface area contributed by atoms with Crippen LogP contribution in [0.5, 0.6) is 0 Å². The second-order valence-electron chi connectivity index (χ2n) is 5.74. The van der Waals surface area contributed by atoms with Crippen LogP contribution in [0.25, 0.3) is 0 Å². The number of nitrogens with one attached hydrogen (secondary N) is 1. The number of carbonyl (C=O) groups is 1. The number of rotatable bonds is 4. The summed E-state index contributed by atoms with van der Waals surface area (Å²) in [6.45, 7) is 12.5. The third-order valence-corrected chi connectivity index (χ3v) is 3.60. The molecule has 1 aromatic heterocycles. The molecule has 0 spiro atoms. The minimum Gasteiger partial charge on any atom is -0.352 e. The van der Waals surface area contributed by atoms with E-state index < -0.39 is 0 Å². The monoisotopic (exact) mass is 291 g/mol. The van der Waals surface area contributed by atoms with Crippen LogP contribution in [0.3, 0.4) is 0 Å². The Kier molecular flexibility index (Phi) is 5.12. The Labute approximate surface area is 126 Å². The van der Waals surface area contributed by atoms with Crippen molar-refractivity contribution in [1.29, 1.82) is 0 Å². The zero-order valence-electron chi connectivity index (χ0n) is 13.4. The van der Waals surface area contributed by atoms with Crippen LogP contribution in [0.4, 0.5) is 5.95 Å². The minimum absolute atomic E-state index is 0.00283. The van der Waals surface area contributed by atoms with Crippen molar-refractivity contribution in [3.8, 4) is 0 Å². The molecule has 6 heteroatoms. The highest BCUT2D eigenvalue weighted by Crippen LogP contribution is 2.11. The van der Waals surface area contributed by atoms with Crippen LogP contribution in [-0.2, 0) is 0 Å². The van der Waals surface area contributed by atoms with Crippen molar-refractivity contribution >= 4 is 11.9 Å². The van der Waals surface area contributed by atoms with Gasteiger partial charge in [0.1, 0.15) is 5.69 Å². The lowest BCUT2D eigenvalue weighted by Gasteiger charge is -2.33. The summed E-state index contributed by atoms with van der Waals surface area (Å²) in [6, 6.07) is 2.00. The lowest BCUT2D eigenvalue weighted by atomic mass is 10.2. The molecular formula is C15H25N5O. The second-order valence-corrected chi connectivity index (χ2v) is 5.74. The van der Waals surface area contributed by atoms with E-state index in [0.717, 1.165) is 38.4 Å². The fraction of sp³-hybridized carbons (Fsp3) is 0.667. The predicted octanol–water partition coefficient (Wildman–Crippen LogP) is 1.38. The molecule has 21 heavy (non-hydrogen) atoms. The third-order valence-electron chi connectivity index (χ3n) is 3.60. The van der Waals surface area contributed by atoms with Crippen molar-refractivity contribution < 1.29 is 4.79 Å². The van der Waals surface area contributed by atoms with Crippen molar-refractivity contribution in [2.24, 2.45) is 0 Å². The molecule has 1 aromatic rings. The summed E-state index contributed by atoms with van der Waals surface area (Å²) >= 11 is 0. The first-order chi connectivity index (χ1) is 9.99. The fourth-order valence-electron chi connectivity index (χ4n) is 2.43. The van der Waals surface area contributed by atoms with Gasteiger partial charge in [-0.1, -0.05) is 6.92 Å². The van der Waals surface area contributed by atoms with Crippen LogP contribution >= 0.6 is 0 Å². The molecule has 1 amide bonds. The highest BCUT2D eigenvalue weighted by Gasteiger charge is 2.23. The van der Waals surface area contributed by atoms with Crippen molar-refractivity contribution in [2.75, 3.05) is 38.0 Å². The summed E-state index contributed by atoms with van der Waals surface area (Å²) in [5.74, 6) is 0.531. The van der Waals surface area contributed by atoms with Gasteiger partial charge in [0.05, 0.1) is 0 Å². The molecule has 0 bridgehead atoms. The number of likely N-dealkylation sites (N-methyl/N-ethyl adjacent to an activating group) is 1. The number of aromatic nitrogens is 2. The average Bonchev–Trinajstić information content (AvgIpc) is 2.45. The van der Waals surface area contributed by atoms with Gasteiger partial charge in [0.2, 0.25) is 5.95 Å². The van der Waals surface area contributed by atoms with E-state index in [4.69, 9.17) is 0 Å². The van der Waals surface area contributed by atoms with Crippen LogP contribution in [0.1, 0.15) is 37.0 Å². The number of anilines is 1. The maximum Gasteiger partial charge on any atom is 0.272 e. The van der Waals surface area contributed by atoms with Gasteiger partial charge in [-0.25, -0.2) is 9.97 Å². The third kappa shape index (κ3) is 4.14. The molecule has 1 aliphatic rings. The molecule has 0 radical (unpaired) electrons. The molecule has 1 aliphatic heterocycles. The van der Waals surface area contributed by atoms with E-state index in [-0.39, 0.29) is 11.9 Å². The Hall–Kier alpha value is -1.69. The first-order valence-electron chi connectivity index (χ1n) is 7.63. The molecule has 1 fully saturated rings.